The first-order valence-electron chi connectivity index (χ1n) is 9.03. The Bertz CT molecular complexity index is 991. The van der Waals surface area contributed by atoms with Gasteiger partial charge < -0.3 is 10.1 Å². The van der Waals surface area contributed by atoms with Gasteiger partial charge in [0.1, 0.15) is 11.4 Å². The van der Waals surface area contributed by atoms with Crippen LogP contribution < -0.4 is 10.1 Å². The van der Waals surface area contributed by atoms with Gasteiger partial charge in [0.15, 0.2) is 0 Å². The number of carbonyl (C=O) groups is 2. The average Bonchev–Trinajstić information content (AvgIpc) is 2.93. The molecule has 1 aliphatic rings. The lowest BCUT2D eigenvalue weighted by molar-refractivity contribution is -0.123. The highest BCUT2D eigenvalue weighted by Gasteiger charge is 2.33. The molecule has 5 nitrogen and oxygen atoms in total. The molecule has 1 unspecified atom stereocenters. The molecule has 0 bridgehead atoms. The number of carbonyl (C=O) groups excluding carboxylic acids is 2. The van der Waals surface area contributed by atoms with E-state index in [0.717, 1.165) is 11.3 Å². The first-order valence-corrected chi connectivity index (χ1v) is 10.2. The van der Waals surface area contributed by atoms with Crippen LogP contribution in [0, 0.1) is 0 Å². The van der Waals surface area contributed by atoms with Crippen molar-refractivity contribution in [3.8, 4) is 5.75 Å². The molecule has 3 rings (SSSR count). The van der Waals surface area contributed by atoms with Crippen LogP contribution >= 0.6 is 34.8 Å². The molecule has 2 aromatic rings. The maximum Gasteiger partial charge on any atom is 0.329 e. The van der Waals surface area contributed by atoms with E-state index in [2.05, 4.69) is 5.32 Å². The highest BCUT2D eigenvalue weighted by molar-refractivity contribution is 6.35. The van der Waals surface area contributed by atoms with Crippen LogP contribution in [0.3, 0.4) is 0 Å². The number of rotatable bonds is 6. The van der Waals surface area contributed by atoms with Crippen LogP contribution in [0.2, 0.25) is 15.1 Å². The summed E-state index contributed by atoms with van der Waals surface area (Å²) in [5.41, 5.74) is 1.45. The molecule has 1 aliphatic heterocycles. The lowest BCUT2D eigenvalue weighted by Gasteiger charge is -2.14. The molecule has 1 heterocycles. The van der Waals surface area contributed by atoms with Gasteiger partial charge in [-0.1, -0.05) is 53.9 Å². The van der Waals surface area contributed by atoms with Crippen LogP contribution in [0.15, 0.2) is 42.1 Å². The Morgan fingerprint density at radius 2 is 1.86 bits per heavy atom. The summed E-state index contributed by atoms with van der Waals surface area (Å²) < 4.78 is 5.74. The maximum atomic E-state index is 12.7. The summed E-state index contributed by atoms with van der Waals surface area (Å²) in [7, 11) is 0. The third kappa shape index (κ3) is 5.04. The second-order valence-corrected chi connectivity index (χ2v) is 7.89. The first-order chi connectivity index (χ1) is 13.8. The molecule has 1 N–H and O–H groups in total. The third-order valence-electron chi connectivity index (χ3n) is 4.48. The molecule has 0 aliphatic carbocycles. The van der Waals surface area contributed by atoms with Crippen LogP contribution in [-0.2, 0) is 11.3 Å². The number of amides is 3. The Hall–Kier alpha value is -2.21. The maximum absolute atomic E-state index is 12.7. The van der Waals surface area contributed by atoms with E-state index in [9.17, 15) is 9.59 Å². The minimum Gasteiger partial charge on any atom is -0.489 e. The van der Waals surface area contributed by atoms with Gasteiger partial charge in [-0.05, 0) is 54.8 Å². The smallest absolute Gasteiger partial charge is 0.329 e. The van der Waals surface area contributed by atoms with E-state index in [4.69, 9.17) is 39.5 Å². The fourth-order valence-electron chi connectivity index (χ4n) is 2.70. The Balaban J connectivity index is 1.78. The van der Waals surface area contributed by atoms with Gasteiger partial charge in [-0.2, -0.15) is 0 Å². The van der Waals surface area contributed by atoms with Crippen LogP contribution in [0.25, 0.3) is 6.08 Å². The molecular formula is C21H19Cl3N2O3. The Morgan fingerprint density at radius 1 is 1.10 bits per heavy atom. The normalized spacial score (nSPS) is 16.3. The van der Waals surface area contributed by atoms with Gasteiger partial charge >= 0.3 is 6.03 Å². The number of nitrogens with one attached hydrogen (secondary N) is 1. The van der Waals surface area contributed by atoms with Crippen LogP contribution in [0.5, 0.6) is 5.75 Å². The number of nitrogens with zero attached hydrogens (tertiary/aromatic N) is 1. The minimum atomic E-state index is -0.518. The highest BCUT2D eigenvalue weighted by atomic mass is 35.5. The molecule has 152 valence electrons. The summed E-state index contributed by atoms with van der Waals surface area (Å²) in [4.78, 5) is 26.1. The highest BCUT2D eigenvalue weighted by Crippen LogP contribution is 2.29. The van der Waals surface area contributed by atoms with Gasteiger partial charge in [-0.25, -0.2) is 4.79 Å². The summed E-state index contributed by atoms with van der Waals surface area (Å²) in [6.45, 7) is 4.02. The fourth-order valence-corrected chi connectivity index (χ4v) is 3.41. The van der Waals surface area contributed by atoms with Crippen molar-refractivity contribution >= 4 is 52.8 Å². The third-order valence-corrected chi connectivity index (χ3v) is 5.36. The number of hydrogen-bond acceptors (Lipinski definition) is 3. The Morgan fingerprint density at radius 3 is 2.52 bits per heavy atom. The van der Waals surface area contributed by atoms with E-state index in [-0.39, 0.29) is 18.3 Å². The molecular weight excluding hydrogens is 435 g/mol. The molecule has 2 aromatic carbocycles. The lowest BCUT2D eigenvalue weighted by Crippen LogP contribution is -2.30. The predicted molar refractivity (Wildman–Crippen MR) is 115 cm³/mol. The topological polar surface area (TPSA) is 58.6 Å². The summed E-state index contributed by atoms with van der Waals surface area (Å²) in [5.74, 6) is 0.126. The van der Waals surface area contributed by atoms with Gasteiger partial charge in [-0.3, -0.25) is 9.69 Å². The Labute approximate surface area is 184 Å². The molecule has 0 spiro atoms. The number of halogens is 3. The van der Waals surface area contributed by atoms with E-state index in [1.807, 2.05) is 13.8 Å². The van der Waals surface area contributed by atoms with Crippen molar-refractivity contribution in [2.75, 3.05) is 0 Å². The van der Waals surface area contributed by atoms with Gasteiger partial charge in [0.25, 0.3) is 5.91 Å². The lowest BCUT2D eigenvalue weighted by atomic mass is 10.1. The largest absolute Gasteiger partial charge is 0.489 e. The van der Waals surface area contributed by atoms with E-state index in [0.29, 0.717) is 31.9 Å². The van der Waals surface area contributed by atoms with E-state index >= 15 is 0 Å². The number of hydrogen-bond donors (Lipinski definition) is 1. The van der Waals surface area contributed by atoms with E-state index < -0.39 is 11.9 Å². The zero-order valence-corrected chi connectivity index (χ0v) is 18.1. The number of benzene rings is 2. The van der Waals surface area contributed by atoms with Crippen molar-refractivity contribution in [2.45, 2.75) is 32.9 Å². The molecule has 29 heavy (non-hydrogen) atoms. The molecule has 8 heteroatoms. The fraction of sp³-hybridized carbons (Fsp3) is 0.238. The number of ether oxygens (including phenoxy) is 1. The Kier molecular flexibility index (Phi) is 6.73. The standard InChI is InChI=1S/C21H19Cl3N2O3/c1-3-12(2)29-19-7-4-13(8-17(19)24)9-18-20(27)26(21(28)25-18)11-14-5-6-15(22)10-16(14)23/h4-10,12H,3,11H2,1-2H3,(H,25,28). The molecule has 0 radical (unpaired) electrons. The molecule has 0 aromatic heterocycles. The monoisotopic (exact) mass is 452 g/mol. The molecule has 1 fully saturated rings. The van der Waals surface area contributed by atoms with Crippen molar-refractivity contribution in [1.29, 1.82) is 0 Å². The van der Waals surface area contributed by atoms with Crippen LogP contribution in [0.4, 0.5) is 4.79 Å². The van der Waals surface area contributed by atoms with Gasteiger partial charge in [0.2, 0.25) is 0 Å². The summed E-state index contributed by atoms with van der Waals surface area (Å²) in [6.07, 6.45) is 2.47. The zero-order chi connectivity index (χ0) is 21.1. The van der Waals surface area contributed by atoms with Crippen molar-refractivity contribution < 1.29 is 14.3 Å². The first kappa shape index (κ1) is 21.5. The molecule has 0 saturated carbocycles. The van der Waals surface area contributed by atoms with E-state index in [1.165, 1.54) is 0 Å². The number of urea groups is 1. The molecule has 3 amide bonds. The number of imide groups is 1. The average molecular weight is 454 g/mol. The van der Waals surface area contributed by atoms with Gasteiger partial charge in [-0.15, -0.1) is 0 Å². The van der Waals surface area contributed by atoms with Crippen LogP contribution in [0.1, 0.15) is 31.4 Å². The quantitative estimate of drug-likeness (QED) is 0.436. The summed E-state index contributed by atoms with van der Waals surface area (Å²) >= 11 is 18.3. The predicted octanol–water partition coefficient (Wildman–Crippen LogP) is 5.92. The minimum absolute atomic E-state index is 0.0421. The molecule has 1 saturated heterocycles. The van der Waals surface area contributed by atoms with Crippen molar-refractivity contribution in [1.82, 2.24) is 10.2 Å². The van der Waals surface area contributed by atoms with Crippen LogP contribution in [-0.4, -0.2) is 22.9 Å². The molecule has 1 atom stereocenters. The summed E-state index contributed by atoms with van der Waals surface area (Å²) in [6, 6.07) is 9.59. The second kappa shape index (κ2) is 9.08. The van der Waals surface area contributed by atoms with Crippen molar-refractivity contribution in [3.63, 3.8) is 0 Å². The second-order valence-electron chi connectivity index (χ2n) is 6.64. The van der Waals surface area contributed by atoms with Crippen molar-refractivity contribution in [3.05, 3.63) is 68.3 Å². The SMILES string of the molecule is CCC(C)Oc1ccc(C=C2NC(=O)N(Cc3ccc(Cl)cc3Cl)C2=O)cc1Cl. The summed E-state index contributed by atoms with van der Waals surface area (Å²) in [5, 5.41) is 3.88. The van der Waals surface area contributed by atoms with Gasteiger partial charge in [0.05, 0.1) is 17.7 Å². The van der Waals surface area contributed by atoms with Gasteiger partial charge in [0, 0.05) is 10.0 Å². The zero-order valence-electron chi connectivity index (χ0n) is 15.8. The van der Waals surface area contributed by atoms with Crippen molar-refractivity contribution in [2.24, 2.45) is 0 Å². The van der Waals surface area contributed by atoms with E-state index in [1.54, 1.807) is 42.5 Å².